The lowest BCUT2D eigenvalue weighted by Gasteiger charge is -2.15. The van der Waals surface area contributed by atoms with E-state index in [2.05, 4.69) is 84.8 Å². The summed E-state index contributed by atoms with van der Waals surface area (Å²) in [7, 11) is 2.16. The number of benzene rings is 3. The highest BCUT2D eigenvalue weighted by Gasteiger charge is 2.12. The van der Waals surface area contributed by atoms with Gasteiger partial charge in [0.1, 0.15) is 5.75 Å². The maximum absolute atomic E-state index is 5.58. The first kappa shape index (κ1) is 18.5. The molecule has 0 spiro atoms. The fourth-order valence-electron chi connectivity index (χ4n) is 3.39. The standard InChI is InChI=1S/C23H23NO.ClH/c1-24(17-19-9-11-23-22(16-19)12-14-25-23)13-4-5-18-8-10-20-6-2-3-7-21(20)15-18;/h2-11,15-16H,12-14,17H2,1H3;1H/b5-4+;. The van der Waals surface area contributed by atoms with Gasteiger partial charge in [-0.2, -0.15) is 0 Å². The van der Waals surface area contributed by atoms with Crippen molar-refractivity contribution >= 4 is 29.3 Å². The molecule has 3 aromatic rings. The molecule has 26 heavy (non-hydrogen) atoms. The second-order valence-corrected chi connectivity index (χ2v) is 6.75. The van der Waals surface area contributed by atoms with Crippen LogP contribution in [-0.4, -0.2) is 25.1 Å². The van der Waals surface area contributed by atoms with Crippen LogP contribution < -0.4 is 4.74 Å². The van der Waals surface area contributed by atoms with Crippen molar-refractivity contribution in [1.29, 1.82) is 0 Å². The van der Waals surface area contributed by atoms with E-state index in [1.807, 2.05) is 0 Å². The second-order valence-electron chi connectivity index (χ2n) is 6.75. The van der Waals surface area contributed by atoms with Crippen molar-refractivity contribution in [3.05, 3.63) is 83.4 Å². The van der Waals surface area contributed by atoms with Crippen LogP contribution in [0.25, 0.3) is 16.8 Å². The van der Waals surface area contributed by atoms with Gasteiger partial charge in [0.2, 0.25) is 0 Å². The molecule has 0 fully saturated rings. The van der Waals surface area contributed by atoms with Crippen LogP contribution in [0.2, 0.25) is 0 Å². The summed E-state index contributed by atoms with van der Waals surface area (Å²) in [6.07, 6.45) is 5.48. The van der Waals surface area contributed by atoms with E-state index in [1.165, 1.54) is 27.5 Å². The van der Waals surface area contributed by atoms with E-state index in [0.717, 1.165) is 31.9 Å². The molecule has 3 aromatic carbocycles. The number of halogens is 1. The molecule has 2 nitrogen and oxygen atoms in total. The van der Waals surface area contributed by atoms with Gasteiger partial charge in [-0.05, 0) is 46.6 Å². The van der Waals surface area contributed by atoms with Crippen LogP contribution in [0.4, 0.5) is 0 Å². The van der Waals surface area contributed by atoms with Crippen LogP contribution in [-0.2, 0) is 13.0 Å². The lowest BCUT2D eigenvalue weighted by Crippen LogP contribution is -2.17. The Kier molecular flexibility index (Phi) is 5.97. The van der Waals surface area contributed by atoms with Crippen LogP contribution in [0.1, 0.15) is 16.7 Å². The average molecular weight is 366 g/mol. The molecule has 0 radical (unpaired) electrons. The van der Waals surface area contributed by atoms with Crippen LogP contribution in [0.15, 0.2) is 66.7 Å². The van der Waals surface area contributed by atoms with E-state index in [0.29, 0.717) is 0 Å². The zero-order chi connectivity index (χ0) is 17.1. The maximum Gasteiger partial charge on any atom is 0.122 e. The van der Waals surface area contributed by atoms with E-state index in [9.17, 15) is 0 Å². The smallest absolute Gasteiger partial charge is 0.122 e. The van der Waals surface area contributed by atoms with Crippen molar-refractivity contribution in [1.82, 2.24) is 4.90 Å². The number of fused-ring (bicyclic) bond motifs is 2. The third kappa shape index (κ3) is 4.27. The minimum Gasteiger partial charge on any atom is -0.493 e. The molecule has 1 aliphatic heterocycles. The highest BCUT2D eigenvalue weighted by molar-refractivity contribution is 5.85. The molecule has 1 aliphatic rings. The van der Waals surface area contributed by atoms with Gasteiger partial charge in [-0.25, -0.2) is 0 Å². The number of likely N-dealkylation sites (N-methyl/N-ethyl adjacent to an activating group) is 1. The summed E-state index contributed by atoms with van der Waals surface area (Å²) in [5, 5.41) is 2.58. The molecule has 0 atom stereocenters. The van der Waals surface area contributed by atoms with Gasteiger partial charge in [-0.15, -0.1) is 12.4 Å². The topological polar surface area (TPSA) is 12.5 Å². The predicted molar refractivity (Wildman–Crippen MR) is 112 cm³/mol. The molecule has 0 saturated heterocycles. The van der Waals surface area contributed by atoms with E-state index in [4.69, 9.17) is 4.74 Å². The summed E-state index contributed by atoms with van der Waals surface area (Å²) in [4.78, 5) is 2.33. The van der Waals surface area contributed by atoms with E-state index in [1.54, 1.807) is 0 Å². The summed E-state index contributed by atoms with van der Waals surface area (Å²) in [6.45, 7) is 2.71. The average Bonchev–Trinajstić information content (AvgIpc) is 3.09. The summed E-state index contributed by atoms with van der Waals surface area (Å²) in [5.41, 5.74) is 3.95. The van der Waals surface area contributed by atoms with Gasteiger partial charge >= 0.3 is 0 Å². The van der Waals surface area contributed by atoms with Crippen molar-refractivity contribution in [3.8, 4) is 5.75 Å². The third-order valence-corrected chi connectivity index (χ3v) is 4.71. The van der Waals surface area contributed by atoms with E-state index >= 15 is 0 Å². The molecule has 4 rings (SSSR count). The van der Waals surface area contributed by atoms with Crippen molar-refractivity contribution in [2.45, 2.75) is 13.0 Å². The Morgan fingerprint density at radius 1 is 1.00 bits per heavy atom. The Bertz CT molecular complexity index is 919. The fraction of sp³-hybridized carbons (Fsp3) is 0.217. The Balaban J connectivity index is 0.00000196. The summed E-state index contributed by atoms with van der Waals surface area (Å²) >= 11 is 0. The zero-order valence-corrected chi connectivity index (χ0v) is 15.8. The number of nitrogens with zero attached hydrogens (tertiary/aromatic N) is 1. The third-order valence-electron chi connectivity index (χ3n) is 4.71. The molecule has 0 saturated carbocycles. The van der Waals surface area contributed by atoms with Gasteiger partial charge in [0, 0.05) is 19.5 Å². The van der Waals surface area contributed by atoms with Crippen molar-refractivity contribution in [2.75, 3.05) is 20.2 Å². The van der Waals surface area contributed by atoms with Gasteiger partial charge < -0.3 is 4.74 Å². The molecule has 3 heteroatoms. The lowest BCUT2D eigenvalue weighted by molar-refractivity contribution is 0.356. The van der Waals surface area contributed by atoms with Gasteiger partial charge in [0.25, 0.3) is 0 Å². The van der Waals surface area contributed by atoms with Crippen molar-refractivity contribution in [3.63, 3.8) is 0 Å². The minimum absolute atomic E-state index is 0. The summed E-state index contributed by atoms with van der Waals surface area (Å²) in [5.74, 6) is 1.06. The molecule has 1 heterocycles. The number of ether oxygens (including phenoxy) is 1. The highest BCUT2D eigenvalue weighted by atomic mass is 35.5. The van der Waals surface area contributed by atoms with Gasteiger partial charge in [-0.3, -0.25) is 4.90 Å². The molecule has 0 amide bonds. The lowest BCUT2D eigenvalue weighted by atomic mass is 10.1. The van der Waals surface area contributed by atoms with Crippen molar-refractivity contribution in [2.24, 2.45) is 0 Å². The monoisotopic (exact) mass is 365 g/mol. The Morgan fingerprint density at radius 3 is 2.73 bits per heavy atom. The Morgan fingerprint density at radius 2 is 1.85 bits per heavy atom. The number of rotatable bonds is 5. The minimum atomic E-state index is 0. The molecular weight excluding hydrogens is 342 g/mol. The number of hydrogen-bond donors (Lipinski definition) is 0. The van der Waals surface area contributed by atoms with Gasteiger partial charge in [0.05, 0.1) is 6.61 Å². The Hall–Kier alpha value is -2.29. The van der Waals surface area contributed by atoms with Crippen LogP contribution in [0.5, 0.6) is 5.75 Å². The van der Waals surface area contributed by atoms with Crippen molar-refractivity contribution < 1.29 is 4.74 Å². The SMILES string of the molecule is CN(C/C=C/c1ccc2ccccc2c1)Cc1ccc2c(c1)CCO2.Cl. The summed E-state index contributed by atoms with van der Waals surface area (Å²) in [6, 6.07) is 21.7. The molecule has 0 aromatic heterocycles. The highest BCUT2D eigenvalue weighted by Crippen LogP contribution is 2.26. The summed E-state index contributed by atoms with van der Waals surface area (Å²) < 4.78 is 5.58. The normalized spacial score (nSPS) is 13.0. The molecule has 0 N–H and O–H groups in total. The number of hydrogen-bond acceptors (Lipinski definition) is 2. The first-order chi connectivity index (χ1) is 12.3. The largest absolute Gasteiger partial charge is 0.493 e. The molecule has 0 aliphatic carbocycles. The van der Waals surface area contributed by atoms with Gasteiger partial charge in [-0.1, -0.05) is 60.7 Å². The fourth-order valence-corrected chi connectivity index (χ4v) is 3.39. The van der Waals surface area contributed by atoms with Crippen LogP contribution in [0, 0.1) is 0 Å². The molecular formula is C23H24ClNO. The van der Waals surface area contributed by atoms with E-state index in [-0.39, 0.29) is 12.4 Å². The molecule has 0 unspecified atom stereocenters. The quantitative estimate of drug-likeness (QED) is 0.605. The van der Waals surface area contributed by atoms with Crippen LogP contribution in [0.3, 0.4) is 0 Å². The van der Waals surface area contributed by atoms with Crippen LogP contribution >= 0.6 is 12.4 Å². The zero-order valence-electron chi connectivity index (χ0n) is 15.0. The van der Waals surface area contributed by atoms with Gasteiger partial charge in [0.15, 0.2) is 0 Å². The first-order valence-corrected chi connectivity index (χ1v) is 8.86. The second kappa shape index (κ2) is 8.39. The van der Waals surface area contributed by atoms with E-state index < -0.39 is 0 Å². The first-order valence-electron chi connectivity index (χ1n) is 8.86. The maximum atomic E-state index is 5.58. The Labute approximate surface area is 161 Å². The predicted octanol–water partition coefficient (Wildman–Crippen LogP) is 5.34. The molecule has 134 valence electrons. The molecule has 0 bridgehead atoms.